The number of ketones is 1. The molecule has 82 valence electrons. The first-order valence-electron chi connectivity index (χ1n) is 5.54. The lowest BCUT2D eigenvalue weighted by molar-refractivity contribution is -0.122. The van der Waals surface area contributed by atoms with Gasteiger partial charge in [-0.05, 0) is 33.2 Å². The smallest absolute Gasteiger partial charge is 0.134 e. The molecule has 0 saturated carbocycles. The van der Waals surface area contributed by atoms with E-state index in [0.717, 1.165) is 45.7 Å². The van der Waals surface area contributed by atoms with E-state index in [2.05, 4.69) is 4.90 Å². The van der Waals surface area contributed by atoms with E-state index in [1.165, 1.54) is 0 Å². The van der Waals surface area contributed by atoms with Gasteiger partial charge in [-0.2, -0.15) is 0 Å². The van der Waals surface area contributed by atoms with Crippen LogP contribution in [0, 0.1) is 5.92 Å². The molecule has 3 heteroatoms. The number of ether oxygens (including phenoxy) is 1. The molecule has 0 spiro atoms. The standard InChI is InChI=1S/C11H21NO2/c1-3-14-8-7-12-6-4-5-11(9-12)10(2)13/h11H,3-9H2,1-2H3. The second-order valence-electron chi connectivity index (χ2n) is 3.95. The first-order valence-corrected chi connectivity index (χ1v) is 5.54. The minimum Gasteiger partial charge on any atom is -0.380 e. The van der Waals surface area contributed by atoms with Crippen LogP contribution in [-0.4, -0.2) is 43.5 Å². The Labute approximate surface area is 86.4 Å². The molecule has 1 saturated heterocycles. The average molecular weight is 199 g/mol. The lowest BCUT2D eigenvalue weighted by Crippen LogP contribution is -2.39. The summed E-state index contributed by atoms with van der Waals surface area (Å²) >= 11 is 0. The highest BCUT2D eigenvalue weighted by atomic mass is 16.5. The molecular weight excluding hydrogens is 178 g/mol. The van der Waals surface area contributed by atoms with Gasteiger partial charge in [0.1, 0.15) is 5.78 Å². The number of piperidine rings is 1. The molecule has 0 bridgehead atoms. The number of likely N-dealkylation sites (tertiary alicyclic amines) is 1. The Balaban J connectivity index is 2.22. The zero-order valence-electron chi connectivity index (χ0n) is 9.29. The fourth-order valence-corrected chi connectivity index (χ4v) is 1.93. The highest BCUT2D eigenvalue weighted by Gasteiger charge is 2.22. The van der Waals surface area contributed by atoms with Gasteiger partial charge < -0.3 is 9.64 Å². The highest BCUT2D eigenvalue weighted by molar-refractivity contribution is 5.78. The molecule has 1 aliphatic rings. The maximum Gasteiger partial charge on any atom is 0.134 e. The normalized spacial score (nSPS) is 23.7. The van der Waals surface area contributed by atoms with Crippen molar-refractivity contribution in [2.45, 2.75) is 26.7 Å². The van der Waals surface area contributed by atoms with Crippen LogP contribution in [0.5, 0.6) is 0 Å². The number of nitrogens with zero attached hydrogens (tertiary/aromatic N) is 1. The van der Waals surface area contributed by atoms with Crippen molar-refractivity contribution < 1.29 is 9.53 Å². The van der Waals surface area contributed by atoms with Gasteiger partial charge in [-0.1, -0.05) is 0 Å². The van der Waals surface area contributed by atoms with Crippen LogP contribution in [0.3, 0.4) is 0 Å². The van der Waals surface area contributed by atoms with Gasteiger partial charge >= 0.3 is 0 Å². The first kappa shape index (κ1) is 11.7. The minimum absolute atomic E-state index is 0.269. The molecular formula is C11H21NO2. The third-order valence-corrected chi connectivity index (χ3v) is 2.84. The highest BCUT2D eigenvalue weighted by Crippen LogP contribution is 2.16. The number of rotatable bonds is 5. The fraction of sp³-hybridized carbons (Fsp3) is 0.909. The summed E-state index contributed by atoms with van der Waals surface area (Å²) in [4.78, 5) is 13.6. The molecule has 0 amide bonds. The summed E-state index contributed by atoms with van der Waals surface area (Å²) in [7, 11) is 0. The lowest BCUT2D eigenvalue weighted by Gasteiger charge is -2.31. The summed E-state index contributed by atoms with van der Waals surface area (Å²) in [5, 5.41) is 0. The van der Waals surface area contributed by atoms with Crippen LogP contribution in [0.1, 0.15) is 26.7 Å². The Hall–Kier alpha value is -0.410. The summed E-state index contributed by atoms with van der Waals surface area (Å²) < 4.78 is 5.31. The molecule has 0 radical (unpaired) electrons. The van der Waals surface area contributed by atoms with Crippen molar-refractivity contribution in [3.8, 4) is 0 Å². The van der Waals surface area contributed by atoms with Gasteiger partial charge in [-0.25, -0.2) is 0 Å². The predicted octanol–water partition coefficient (Wildman–Crippen LogP) is 1.32. The van der Waals surface area contributed by atoms with Crippen molar-refractivity contribution in [3.63, 3.8) is 0 Å². The molecule has 1 unspecified atom stereocenters. The topological polar surface area (TPSA) is 29.5 Å². The molecule has 0 aromatic heterocycles. The number of carbonyl (C=O) groups is 1. The van der Waals surface area contributed by atoms with Crippen LogP contribution in [0.15, 0.2) is 0 Å². The van der Waals surface area contributed by atoms with E-state index < -0.39 is 0 Å². The SMILES string of the molecule is CCOCCN1CCCC(C(C)=O)C1. The van der Waals surface area contributed by atoms with E-state index in [1.54, 1.807) is 6.92 Å². The number of hydrogen-bond donors (Lipinski definition) is 0. The number of carbonyl (C=O) groups excluding carboxylic acids is 1. The van der Waals surface area contributed by atoms with Crippen LogP contribution in [0.2, 0.25) is 0 Å². The number of Topliss-reactive ketones (excluding diaryl/α,β-unsaturated/α-hetero) is 1. The van der Waals surface area contributed by atoms with E-state index in [-0.39, 0.29) is 5.92 Å². The van der Waals surface area contributed by atoms with E-state index in [0.29, 0.717) is 5.78 Å². The zero-order chi connectivity index (χ0) is 10.4. The van der Waals surface area contributed by atoms with Crippen molar-refractivity contribution in [2.24, 2.45) is 5.92 Å². The molecule has 0 aliphatic carbocycles. The molecule has 1 rings (SSSR count). The van der Waals surface area contributed by atoms with Gasteiger partial charge in [0.15, 0.2) is 0 Å². The van der Waals surface area contributed by atoms with Gasteiger partial charge in [0.25, 0.3) is 0 Å². The Morgan fingerprint density at radius 1 is 1.57 bits per heavy atom. The second-order valence-corrected chi connectivity index (χ2v) is 3.95. The Kier molecular flexibility index (Phi) is 5.12. The van der Waals surface area contributed by atoms with Crippen LogP contribution >= 0.6 is 0 Å². The van der Waals surface area contributed by atoms with Crippen molar-refractivity contribution in [1.29, 1.82) is 0 Å². The van der Waals surface area contributed by atoms with Gasteiger partial charge in [0, 0.05) is 25.6 Å². The van der Waals surface area contributed by atoms with Crippen LogP contribution < -0.4 is 0 Å². The third kappa shape index (κ3) is 3.76. The van der Waals surface area contributed by atoms with Crippen molar-refractivity contribution in [2.75, 3.05) is 32.8 Å². The van der Waals surface area contributed by atoms with Crippen LogP contribution in [0.4, 0.5) is 0 Å². The molecule has 1 atom stereocenters. The van der Waals surface area contributed by atoms with Gasteiger partial charge in [0.05, 0.1) is 6.61 Å². The monoisotopic (exact) mass is 199 g/mol. The Morgan fingerprint density at radius 2 is 2.36 bits per heavy atom. The quantitative estimate of drug-likeness (QED) is 0.625. The molecule has 1 fully saturated rings. The summed E-state index contributed by atoms with van der Waals surface area (Å²) in [6, 6.07) is 0. The van der Waals surface area contributed by atoms with Crippen molar-refractivity contribution >= 4 is 5.78 Å². The second kappa shape index (κ2) is 6.14. The summed E-state index contributed by atoms with van der Waals surface area (Å²) in [6.45, 7) is 8.31. The van der Waals surface area contributed by atoms with Gasteiger partial charge in [0.2, 0.25) is 0 Å². The van der Waals surface area contributed by atoms with Crippen LogP contribution in [-0.2, 0) is 9.53 Å². The lowest BCUT2D eigenvalue weighted by atomic mass is 9.95. The predicted molar refractivity (Wildman–Crippen MR) is 56.3 cm³/mol. The Bertz CT molecular complexity index is 182. The molecule has 1 aliphatic heterocycles. The molecule has 14 heavy (non-hydrogen) atoms. The van der Waals surface area contributed by atoms with E-state index >= 15 is 0 Å². The van der Waals surface area contributed by atoms with E-state index in [9.17, 15) is 4.79 Å². The molecule has 0 aromatic rings. The van der Waals surface area contributed by atoms with E-state index in [4.69, 9.17) is 4.74 Å². The fourth-order valence-electron chi connectivity index (χ4n) is 1.93. The molecule has 3 nitrogen and oxygen atoms in total. The van der Waals surface area contributed by atoms with Crippen molar-refractivity contribution in [3.05, 3.63) is 0 Å². The Morgan fingerprint density at radius 3 is 3.00 bits per heavy atom. The van der Waals surface area contributed by atoms with Gasteiger partial charge in [-0.15, -0.1) is 0 Å². The van der Waals surface area contributed by atoms with Gasteiger partial charge in [-0.3, -0.25) is 4.79 Å². The van der Waals surface area contributed by atoms with E-state index in [1.807, 2.05) is 6.92 Å². The third-order valence-electron chi connectivity index (χ3n) is 2.84. The molecule has 0 N–H and O–H groups in total. The molecule has 1 heterocycles. The van der Waals surface area contributed by atoms with Crippen LogP contribution in [0.25, 0.3) is 0 Å². The number of hydrogen-bond acceptors (Lipinski definition) is 3. The minimum atomic E-state index is 0.269. The summed E-state index contributed by atoms with van der Waals surface area (Å²) in [6.07, 6.45) is 2.22. The zero-order valence-corrected chi connectivity index (χ0v) is 9.29. The average Bonchev–Trinajstić information content (AvgIpc) is 2.19. The first-order chi connectivity index (χ1) is 6.74. The van der Waals surface area contributed by atoms with Crippen molar-refractivity contribution in [1.82, 2.24) is 4.90 Å². The molecule has 0 aromatic carbocycles. The summed E-state index contributed by atoms with van der Waals surface area (Å²) in [5.74, 6) is 0.608. The maximum absolute atomic E-state index is 11.2. The summed E-state index contributed by atoms with van der Waals surface area (Å²) in [5.41, 5.74) is 0. The largest absolute Gasteiger partial charge is 0.380 e. The maximum atomic E-state index is 11.2.